The Hall–Kier alpha value is -0.960. The molecule has 0 heterocycles. The predicted molar refractivity (Wildman–Crippen MR) is 69.2 cm³/mol. The highest BCUT2D eigenvalue weighted by Gasteiger charge is 2.13. The number of hydrogen-bond donors (Lipinski definition) is 1. The van der Waals surface area contributed by atoms with E-state index in [0.29, 0.717) is 17.9 Å². The Morgan fingerprint density at radius 2 is 1.81 bits per heavy atom. The van der Waals surface area contributed by atoms with E-state index in [2.05, 4.69) is 33.4 Å². The lowest BCUT2D eigenvalue weighted by Gasteiger charge is -2.18. The van der Waals surface area contributed by atoms with Crippen LogP contribution in [0.5, 0.6) is 5.75 Å². The molecule has 0 fully saturated rings. The topological polar surface area (TPSA) is 26.3 Å². The third-order valence-electron chi connectivity index (χ3n) is 2.27. The van der Waals surface area contributed by atoms with Crippen molar-refractivity contribution in [3.05, 3.63) is 29.8 Å². The Bertz CT molecular complexity index is 349. The molecule has 0 aliphatic carbocycles. The van der Waals surface area contributed by atoms with Crippen molar-refractivity contribution in [2.45, 2.75) is 32.6 Å². The van der Waals surface area contributed by atoms with E-state index in [1.54, 1.807) is 0 Å². The highest BCUT2D eigenvalue weighted by Crippen LogP contribution is 2.24. The average molecular weight is 238 g/mol. The molecule has 0 radical (unpaired) electrons. The van der Waals surface area contributed by atoms with Crippen LogP contribution in [0.3, 0.4) is 0 Å². The quantitative estimate of drug-likeness (QED) is 0.497. The lowest BCUT2D eigenvalue weighted by molar-refractivity contribution is -0.133. The van der Waals surface area contributed by atoms with Gasteiger partial charge in [-0.1, -0.05) is 32.9 Å². The number of carbonyl (C=O) groups is 1. The fourth-order valence-electron chi connectivity index (χ4n) is 1.30. The van der Waals surface area contributed by atoms with Crippen LogP contribution in [0, 0.1) is 0 Å². The van der Waals surface area contributed by atoms with Crippen molar-refractivity contribution in [1.29, 1.82) is 0 Å². The number of thiol groups is 1. The minimum Gasteiger partial charge on any atom is -0.427 e. The SMILES string of the molecule is CC(C)(C)c1ccc(OC(=O)CCS)cc1. The van der Waals surface area contributed by atoms with Crippen LogP contribution >= 0.6 is 12.6 Å². The first-order chi connectivity index (χ1) is 7.43. The Balaban J connectivity index is 2.69. The molecule has 88 valence electrons. The molecule has 0 bridgehead atoms. The second-order valence-electron chi connectivity index (χ2n) is 4.72. The van der Waals surface area contributed by atoms with Gasteiger partial charge in [0.25, 0.3) is 0 Å². The van der Waals surface area contributed by atoms with Crippen LogP contribution in [-0.2, 0) is 10.2 Å². The monoisotopic (exact) mass is 238 g/mol. The van der Waals surface area contributed by atoms with Gasteiger partial charge in [0.05, 0.1) is 6.42 Å². The van der Waals surface area contributed by atoms with Crippen LogP contribution in [-0.4, -0.2) is 11.7 Å². The summed E-state index contributed by atoms with van der Waals surface area (Å²) >= 11 is 3.98. The van der Waals surface area contributed by atoms with Crippen molar-refractivity contribution in [3.8, 4) is 5.75 Å². The molecular formula is C13H18O2S. The molecule has 0 spiro atoms. The van der Waals surface area contributed by atoms with E-state index in [0.717, 1.165) is 0 Å². The first kappa shape index (κ1) is 13.1. The van der Waals surface area contributed by atoms with Crippen molar-refractivity contribution in [2.24, 2.45) is 0 Å². The summed E-state index contributed by atoms with van der Waals surface area (Å²) in [6.07, 6.45) is 0.337. The van der Waals surface area contributed by atoms with Gasteiger partial charge in [-0.05, 0) is 23.1 Å². The van der Waals surface area contributed by atoms with Gasteiger partial charge in [0, 0.05) is 5.75 Å². The average Bonchev–Trinajstić information content (AvgIpc) is 2.17. The molecule has 0 amide bonds. The first-order valence-corrected chi connectivity index (χ1v) is 5.99. The van der Waals surface area contributed by atoms with E-state index >= 15 is 0 Å². The summed E-state index contributed by atoms with van der Waals surface area (Å²) in [6.45, 7) is 6.44. The molecule has 0 unspecified atom stereocenters. The largest absolute Gasteiger partial charge is 0.427 e. The van der Waals surface area contributed by atoms with Gasteiger partial charge in [0.2, 0.25) is 0 Å². The number of rotatable bonds is 3. The predicted octanol–water partition coefficient (Wildman–Crippen LogP) is 3.21. The Kier molecular flexibility index (Phi) is 4.42. The van der Waals surface area contributed by atoms with E-state index in [4.69, 9.17) is 4.74 Å². The molecule has 3 heteroatoms. The standard InChI is InChI=1S/C13H18O2S/c1-13(2,3)10-4-6-11(7-5-10)15-12(14)8-9-16/h4-7,16H,8-9H2,1-3H3. The first-order valence-electron chi connectivity index (χ1n) is 5.35. The summed E-state index contributed by atoms with van der Waals surface area (Å²) in [5, 5.41) is 0. The minimum atomic E-state index is -0.237. The molecule has 1 rings (SSSR count). The summed E-state index contributed by atoms with van der Waals surface area (Å²) in [5.74, 6) is 0.872. The van der Waals surface area contributed by atoms with Crippen molar-refractivity contribution in [1.82, 2.24) is 0 Å². The van der Waals surface area contributed by atoms with Crippen LogP contribution in [0.25, 0.3) is 0 Å². The van der Waals surface area contributed by atoms with E-state index < -0.39 is 0 Å². The van der Waals surface area contributed by atoms with Crippen LogP contribution in [0.4, 0.5) is 0 Å². The molecule has 0 aliphatic heterocycles. The molecule has 0 atom stereocenters. The van der Waals surface area contributed by atoms with Gasteiger partial charge in [-0.3, -0.25) is 4.79 Å². The number of carbonyl (C=O) groups excluding carboxylic acids is 1. The van der Waals surface area contributed by atoms with Crippen molar-refractivity contribution in [2.75, 3.05) is 5.75 Å². The van der Waals surface area contributed by atoms with Gasteiger partial charge in [0.15, 0.2) is 0 Å². The molecule has 0 aliphatic rings. The maximum Gasteiger partial charge on any atom is 0.312 e. The molecule has 0 N–H and O–H groups in total. The van der Waals surface area contributed by atoms with Gasteiger partial charge in [-0.25, -0.2) is 0 Å². The number of benzene rings is 1. The maximum absolute atomic E-state index is 11.2. The molecule has 0 saturated carbocycles. The number of hydrogen-bond acceptors (Lipinski definition) is 3. The summed E-state index contributed by atoms with van der Waals surface area (Å²) in [7, 11) is 0. The molecule has 0 saturated heterocycles. The molecule has 16 heavy (non-hydrogen) atoms. The highest BCUT2D eigenvalue weighted by molar-refractivity contribution is 7.80. The Morgan fingerprint density at radius 1 is 1.25 bits per heavy atom. The van der Waals surface area contributed by atoms with Crippen LogP contribution < -0.4 is 4.74 Å². The normalized spacial score (nSPS) is 11.2. The maximum atomic E-state index is 11.2. The Labute approximate surface area is 102 Å². The third kappa shape index (κ3) is 3.89. The zero-order valence-corrected chi connectivity index (χ0v) is 10.9. The summed E-state index contributed by atoms with van der Waals surface area (Å²) in [5.41, 5.74) is 1.34. The van der Waals surface area contributed by atoms with Crippen LogP contribution in [0.1, 0.15) is 32.8 Å². The Morgan fingerprint density at radius 3 is 2.25 bits per heavy atom. The van der Waals surface area contributed by atoms with E-state index in [-0.39, 0.29) is 11.4 Å². The van der Waals surface area contributed by atoms with Crippen molar-refractivity contribution < 1.29 is 9.53 Å². The molecular weight excluding hydrogens is 220 g/mol. The minimum absolute atomic E-state index is 0.119. The molecule has 2 nitrogen and oxygen atoms in total. The third-order valence-corrected chi connectivity index (χ3v) is 2.49. The van der Waals surface area contributed by atoms with Gasteiger partial charge in [0.1, 0.15) is 5.75 Å². The summed E-state index contributed by atoms with van der Waals surface area (Å²) < 4.78 is 5.13. The smallest absolute Gasteiger partial charge is 0.312 e. The van der Waals surface area contributed by atoms with Gasteiger partial charge >= 0.3 is 5.97 Å². The molecule has 1 aromatic carbocycles. The van der Waals surface area contributed by atoms with Crippen molar-refractivity contribution in [3.63, 3.8) is 0 Å². The lowest BCUT2D eigenvalue weighted by atomic mass is 9.87. The fraction of sp³-hybridized carbons (Fsp3) is 0.462. The van der Waals surface area contributed by atoms with Crippen molar-refractivity contribution >= 4 is 18.6 Å². The van der Waals surface area contributed by atoms with E-state index in [1.807, 2.05) is 24.3 Å². The zero-order chi connectivity index (χ0) is 12.2. The van der Waals surface area contributed by atoms with E-state index in [1.165, 1.54) is 5.56 Å². The number of ether oxygens (including phenoxy) is 1. The van der Waals surface area contributed by atoms with E-state index in [9.17, 15) is 4.79 Å². The number of esters is 1. The second kappa shape index (κ2) is 5.39. The highest BCUT2D eigenvalue weighted by atomic mass is 32.1. The lowest BCUT2D eigenvalue weighted by Crippen LogP contribution is -2.11. The zero-order valence-electron chi connectivity index (χ0n) is 9.99. The fourth-order valence-corrected chi connectivity index (χ4v) is 1.48. The van der Waals surface area contributed by atoms with Crippen LogP contribution in [0.2, 0.25) is 0 Å². The van der Waals surface area contributed by atoms with Gasteiger partial charge < -0.3 is 4.74 Å². The summed E-state index contributed by atoms with van der Waals surface area (Å²) in [4.78, 5) is 11.2. The van der Waals surface area contributed by atoms with Gasteiger partial charge in [-0.15, -0.1) is 0 Å². The summed E-state index contributed by atoms with van der Waals surface area (Å²) in [6, 6.07) is 7.64. The van der Waals surface area contributed by atoms with Crippen LogP contribution in [0.15, 0.2) is 24.3 Å². The molecule has 1 aromatic rings. The van der Waals surface area contributed by atoms with Gasteiger partial charge in [-0.2, -0.15) is 12.6 Å². The molecule has 0 aromatic heterocycles. The second-order valence-corrected chi connectivity index (χ2v) is 5.17.